The molecule has 7 nitrogen and oxygen atoms in total. The fourth-order valence-corrected chi connectivity index (χ4v) is 2.59. The van der Waals surface area contributed by atoms with Gasteiger partial charge in [-0.15, -0.1) is 0 Å². The summed E-state index contributed by atoms with van der Waals surface area (Å²) in [5, 5.41) is 5.39. The zero-order chi connectivity index (χ0) is 17.3. The number of fused-ring (bicyclic) bond motifs is 1. The van der Waals surface area contributed by atoms with E-state index in [1.165, 1.54) is 0 Å². The molecule has 1 aliphatic rings. The smallest absolute Gasteiger partial charge is 0.262 e. The van der Waals surface area contributed by atoms with Gasteiger partial charge in [-0.25, -0.2) is 0 Å². The van der Waals surface area contributed by atoms with E-state index in [1.54, 1.807) is 18.2 Å². The number of aryl methyl sites for hydroxylation is 2. The Morgan fingerprint density at radius 1 is 1.25 bits per heavy atom. The van der Waals surface area contributed by atoms with E-state index in [1.807, 2.05) is 19.9 Å². The van der Waals surface area contributed by atoms with E-state index in [4.69, 9.17) is 4.74 Å². The molecule has 0 unspecified atom stereocenters. The molecular weight excluding hydrogens is 310 g/mol. The average Bonchev–Trinajstić information content (AvgIpc) is 2.53. The lowest BCUT2D eigenvalue weighted by atomic mass is 10.1. The molecule has 0 fully saturated rings. The number of carbonyl (C=O) groups excluding carboxylic acids is 2. The first-order valence-electron chi connectivity index (χ1n) is 7.48. The van der Waals surface area contributed by atoms with E-state index >= 15 is 0 Å². The van der Waals surface area contributed by atoms with Crippen LogP contribution < -0.4 is 20.9 Å². The zero-order valence-electron chi connectivity index (χ0n) is 13.4. The van der Waals surface area contributed by atoms with Crippen molar-refractivity contribution in [3.8, 4) is 5.75 Å². The Morgan fingerprint density at radius 3 is 2.79 bits per heavy atom. The van der Waals surface area contributed by atoms with Gasteiger partial charge in [-0.2, -0.15) is 0 Å². The molecule has 124 valence electrons. The highest BCUT2D eigenvalue weighted by atomic mass is 16.5. The number of aromatic amines is 1. The van der Waals surface area contributed by atoms with Crippen molar-refractivity contribution >= 4 is 17.5 Å². The van der Waals surface area contributed by atoms with Gasteiger partial charge in [-0.05, 0) is 43.7 Å². The summed E-state index contributed by atoms with van der Waals surface area (Å²) < 4.78 is 5.29. The second kappa shape index (κ2) is 6.19. The number of nitrogens with one attached hydrogen (secondary N) is 3. The predicted octanol–water partition coefficient (Wildman–Crippen LogP) is 1.25. The van der Waals surface area contributed by atoms with Gasteiger partial charge >= 0.3 is 0 Å². The van der Waals surface area contributed by atoms with Crippen LogP contribution in [0.5, 0.6) is 5.75 Å². The minimum absolute atomic E-state index is 0.0734. The maximum atomic E-state index is 12.3. The zero-order valence-corrected chi connectivity index (χ0v) is 13.4. The number of H-pyrrole nitrogens is 1. The summed E-state index contributed by atoms with van der Waals surface area (Å²) in [6, 6.07) is 6.63. The highest BCUT2D eigenvalue weighted by Gasteiger charge is 2.18. The van der Waals surface area contributed by atoms with Gasteiger partial charge in [0.25, 0.3) is 17.4 Å². The van der Waals surface area contributed by atoms with Crippen molar-refractivity contribution < 1.29 is 14.3 Å². The first kappa shape index (κ1) is 15.8. The Labute approximate surface area is 138 Å². The molecule has 2 amide bonds. The van der Waals surface area contributed by atoms with Gasteiger partial charge in [0.1, 0.15) is 5.75 Å². The van der Waals surface area contributed by atoms with Gasteiger partial charge in [0, 0.05) is 23.4 Å². The van der Waals surface area contributed by atoms with Crippen LogP contribution in [0.4, 0.5) is 5.69 Å². The second-order valence-electron chi connectivity index (χ2n) is 5.67. The average molecular weight is 327 g/mol. The number of aromatic nitrogens is 1. The molecule has 2 aromatic rings. The highest BCUT2D eigenvalue weighted by Crippen LogP contribution is 2.28. The summed E-state index contributed by atoms with van der Waals surface area (Å²) in [5.41, 5.74) is 2.86. The van der Waals surface area contributed by atoms with E-state index in [-0.39, 0.29) is 30.5 Å². The summed E-state index contributed by atoms with van der Waals surface area (Å²) in [4.78, 5) is 38.2. The third kappa shape index (κ3) is 3.15. The molecule has 24 heavy (non-hydrogen) atoms. The van der Waals surface area contributed by atoms with Crippen LogP contribution in [0.3, 0.4) is 0 Å². The van der Waals surface area contributed by atoms with E-state index in [0.29, 0.717) is 22.6 Å². The molecule has 1 aromatic carbocycles. The number of benzene rings is 1. The first-order valence-corrected chi connectivity index (χ1v) is 7.48. The Balaban J connectivity index is 1.74. The lowest BCUT2D eigenvalue weighted by Crippen LogP contribution is -2.28. The molecule has 0 saturated heterocycles. The quantitative estimate of drug-likeness (QED) is 0.790. The summed E-state index contributed by atoms with van der Waals surface area (Å²) >= 11 is 0. The number of amides is 2. The molecule has 3 rings (SSSR count). The van der Waals surface area contributed by atoms with Gasteiger partial charge in [0.05, 0.1) is 5.69 Å². The molecule has 1 aromatic heterocycles. The van der Waals surface area contributed by atoms with Gasteiger partial charge in [0.15, 0.2) is 6.61 Å². The summed E-state index contributed by atoms with van der Waals surface area (Å²) in [6.07, 6.45) is 0. The molecular formula is C17H17N3O4. The highest BCUT2D eigenvalue weighted by molar-refractivity contribution is 5.98. The normalized spacial score (nSPS) is 12.8. The Hall–Kier alpha value is -3.09. The van der Waals surface area contributed by atoms with Gasteiger partial charge in [0.2, 0.25) is 0 Å². The molecule has 3 N–H and O–H groups in total. The topological polar surface area (TPSA) is 100 Å². The lowest BCUT2D eigenvalue weighted by molar-refractivity contribution is -0.118. The Bertz CT molecular complexity index is 886. The van der Waals surface area contributed by atoms with Crippen molar-refractivity contribution in [1.29, 1.82) is 0 Å². The van der Waals surface area contributed by atoms with E-state index in [9.17, 15) is 14.4 Å². The molecule has 0 saturated carbocycles. The largest absolute Gasteiger partial charge is 0.482 e. The van der Waals surface area contributed by atoms with Crippen LogP contribution in [0.15, 0.2) is 29.1 Å². The summed E-state index contributed by atoms with van der Waals surface area (Å²) in [5.74, 6) is -0.0990. The van der Waals surface area contributed by atoms with Crippen molar-refractivity contribution in [1.82, 2.24) is 10.3 Å². The number of carbonyl (C=O) groups is 2. The summed E-state index contributed by atoms with van der Waals surface area (Å²) in [7, 11) is 0. The van der Waals surface area contributed by atoms with Crippen molar-refractivity contribution in [3.63, 3.8) is 0 Å². The van der Waals surface area contributed by atoms with Crippen molar-refractivity contribution in [3.05, 3.63) is 57.0 Å². The van der Waals surface area contributed by atoms with Crippen LogP contribution in [0.1, 0.15) is 27.2 Å². The van der Waals surface area contributed by atoms with Gasteiger partial charge in [-0.1, -0.05) is 0 Å². The fourth-order valence-electron chi connectivity index (χ4n) is 2.59. The Kier molecular flexibility index (Phi) is 4.07. The molecule has 1 aliphatic heterocycles. The molecule has 0 radical (unpaired) electrons. The molecule has 0 aliphatic carbocycles. The monoisotopic (exact) mass is 327 g/mol. The van der Waals surface area contributed by atoms with Gasteiger partial charge < -0.3 is 20.4 Å². The number of hydrogen-bond donors (Lipinski definition) is 3. The third-order valence-electron chi connectivity index (χ3n) is 3.80. The fraction of sp³-hybridized carbons (Fsp3) is 0.235. The van der Waals surface area contributed by atoms with E-state index in [0.717, 1.165) is 11.3 Å². The van der Waals surface area contributed by atoms with Crippen LogP contribution in [0.2, 0.25) is 0 Å². The number of pyridine rings is 1. The second-order valence-corrected chi connectivity index (χ2v) is 5.67. The van der Waals surface area contributed by atoms with Crippen LogP contribution in [-0.4, -0.2) is 23.4 Å². The third-order valence-corrected chi connectivity index (χ3v) is 3.80. The van der Waals surface area contributed by atoms with Crippen LogP contribution >= 0.6 is 0 Å². The number of ether oxygens (including phenoxy) is 1. The van der Waals surface area contributed by atoms with Crippen molar-refractivity contribution in [2.45, 2.75) is 20.4 Å². The SMILES string of the molecule is Cc1cc(C)c(CNC(=O)c2ccc3c(c2)OCC(=O)N3)c(=O)[nH]1. The van der Waals surface area contributed by atoms with Crippen molar-refractivity contribution in [2.24, 2.45) is 0 Å². The molecule has 0 bridgehead atoms. The van der Waals surface area contributed by atoms with E-state index < -0.39 is 0 Å². The minimum atomic E-state index is -0.322. The maximum Gasteiger partial charge on any atom is 0.262 e. The minimum Gasteiger partial charge on any atom is -0.482 e. The maximum absolute atomic E-state index is 12.3. The standard InChI is InChI=1S/C17H17N3O4/c1-9-5-10(2)19-17(23)12(9)7-18-16(22)11-3-4-13-14(6-11)24-8-15(21)20-13/h3-6H,7-8H2,1-2H3,(H,18,22)(H,19,23)(H,20,21). The van der Waals surface area contributed by atoms with Gasteiger partial charge in [-0.3, -0.25) is 14.4 Å². The van der Waals surface area contributed by atoms with E-state index in [2.05, 4.69) is 15.6 Å². The van der Waals surface area contributed by atoms with Crippen LogP contribution in [0.25, 0.3) is 0 Å². The molecule has 0 spiro atoms. The Morgan fingerprint density at radius 2 is 2.04 bits per heavy atom. The van der Waals surface area contributed by atoms with Crippen molar-refractivity contribution in [2.75, 3.05) is 11.9 Å². The first-order chi connectivity index (χ1) is 11.4. The number of hydrogen-bond acceptors (Lipinski definition) is 4. The molecule has 0 atom stereocenters. The number of rotatable bonds is 3. The predicted molar refractivity (Wildman–Crippen MR) is 88.3 cm³/mol. The number of anilines is 1. The van der Waals surface area contributed by atoms with Crippen LogP contribution in [0, 0.1) is 13.8 Å². The lowest BCUT2D eigenvalue weighted by Gasteiger charge is -2.18. The summed E-state index contributed by atoms with van der Waals surface area (Å²) in [6.45, 7) is 3.70. The van der Waals surface area contributed by atoms with Crippen LogP contribution in [-0.2, 0) is 11.3 Å². The molecule has 7 heteroatoms. The molecule has 2 heterocycles.